The summed E-state index contributed by atoms with van der Waals surface area (Å²) in [7, 11) is 1.56. The van der Waals surface area contributed by atoms with Gasteiger partial charge in [0, 0.05) is 16.8 Å². The topological polar surface area (TPSA) is 92.9 Å². The van der Waals surface area contributed by atoms with E-state index in [9.17, 15) is 14.7 Å². The number of nitrogens with zero attached hydrogens (tertiary/aromatic N) is 2. The van der Waals surface area contributed by atoms with E-state index in [1.165, 1.54) is 6.39 Å². The van der Waals surface area contributed by atoms with Crippen molar-refractivity contribution in [2.75, 3.05) is 12.0 Å². The summed E-state index contributed by atoms with van der Waals surface area (Å²) in [5.74, 6) is -0.603. The highest BCUT2D eigenvalue weighted by Crippen LogP contribution is 2.41. The van der Waals surface area contributed by atoms with E-state index in [1.807, 2.05) is 24.3 Å². The standard InChI is InChI=1S/C27H26N2O5/c1-33-21-13-9-19(10-14-21)25(30)23-24(18-5-3-2-4-6-18)29(27(32)26(23)31)20-11-7-17(8-12-20)22-15-34-16-28-22/h7-16,18,24,31H,2-6H2,1H3. The van der Waals surface area contributed by atoms with Gasteiger partial charge in [-0.3, -0.25) is 14.5 Å². The van der Waals surface area contributed by atoms with Crippen LogP contribution in [0.5, 0.6) is 5.75 Å². The maximum atomic E-state index is 13.6. The van der Waals surface area contributed by atoms with Crippen LogP contribution in [0.15, 0.2) is 76.9 Å². The molecule has 1 atom stereocenters. The molecule has 1 unspecified atom stereocenters. The van der Waals surface area contributed by atoms with Gasteiger partial charge in [-0.05, 0) is 55.2 Å². The van der Waals surface area contributed by atoms with E-state index in [0.717, 1.165) is 37.7 Å². The second-order valence-electron chi connectivity index (χ2n) is 8.76. The number of ketones is 1. The summed E-state index contributed by atoms with van der Waals surface area (Å²) >= 11 is 0. The zero-order valence-corrected chi connectivity index (χ0v) is 18.9. The number of amides is 1. The smallest absolute Gasteiger partial charge is 0.294 e. The predicted molar refractivity (Wildman–Crippen MR) is 127 cm³/mol. The molecule has 2 aliphatic rings. The summed E-state index contributed by atoms with van der Waals surface area (Å²) in [5.41, 5.74) is 2.78. The van der Waals surface area contributed by atoms with Crippen LogP contribution in [-0.4, -0.2) is 34.9 Å². The first-order valence-corrected chi connectivity index (χ1v) is 11.5. The number of aliphatic hydroxyl groups excluding tert-OH is 1. The Morgan fingerprint density at radius 3 is 2.38 bits per heavy atom. The van der Waals surface area contributed by atoms with E-state index in [2.05, 4.69) is 4.98 Å². The first-order valence-electron chi connectivity index (χ1n) is 11.5. The fraction of sp³-hybridized carbons (Fsp3) is 0.296. The Morgan fingerprint density at radius 2 is 1.76 bits per heavy atom. The Kier molecular flexibility index (Phi) is 5.92. The first-order chi connectivity index (χ1) is 16.6. The van der Waals surface area contributed by atoms with Crippen molar-refractivity contribution in [1.82, 2.24) is 4.98 Å². The molecule has 0 radical (unpaired) electrons. The molecule has 5 rings (SSSR count). The molecule has 3 aromatic rings. The van der Waals surface area contributed by atoms with Crippen molar-refractivity contribution in [3.63, 3.8) is 0 Å². The number of methoxy groups -OCH3 is 1. The number of ether oxygens (including phenoxy) is 1. The van der Waals surface area contributed by atoms with E-state index in [-0.39, 0.29) is 17.3 Å². The maximum Gasteiger partial charge on any atom is 0.294 e. The number of hydrogen-bond donors (Lipinski definition) is 1. The molecule has 34 heavy (non-hydrogen) atoms. The second kappa shape index (κ2) is 9.17. The average Bonchev–Trinajstić information content (AvgIpc) is 3.52. The van der Waals surface area contributed by atoms with Gasteiger partial charge < -0.3 is 14.3 Å². The molecule has 0 spiro atoms. The number of benzene rings is 2. The average molecular weight is 459 g/mol. The Hall–Kier alpha value is -3.87. The minimum Gasteiger partial charge on any atom is -0.503 e. The number of rotatable bonds is 6. The molecule has 7 heteroatoms. The van der Waals surface area contributed by atoms with Gasteiger partial charge in [0.15, 0.2) is 17.9 Å². The highest BCUT2D eigenvalue weighted by atomic mass is 16.5. The SMILES string of the molecule is COc1ccc(C(=O)C2=C(O)C(=O)N(c3ccc(-c4cocn4)cc3)C2C2CCCCC2)cc1. The molecule has 1 fully saturated rings. The van der Waals surface area contributed by atoms with Crippen LogP contribution in [0.4, 0.5) is 5.69 Å². The van der Waals surface area contributed by atoms with Crippen LogP contribution in [0, 0.1) is 5.92 Å². The van der Waals surface area contributed by atoms with Crippen LogP contribution < -0.4 is 9.64 Å². The summed E-state index contributed by atoms with van der Waals surface area (Å²) in [6.45, 7) is 0. The Labute approximate surface area is 197 Å². The van der Waals surface area contributed by atoms with Crippen LogP contribution in [0.25, 0.3) is 11.3 Å². The molecule has 7 nitrogen and oxygen atoms in total. The van der Waals surface area contributed by atoms with Crippen LogP contribution in [-0.2, 0) is 4.79 Å². The van der Waals surface area contributed by atoms with Crippen molar-refractivity contribution >= 4 is 17.4 Å². The third-order valence-corrected chi connectivity index (χ3v) is 6.82. The van der Waals surface area contributed by atoms with Gasteiger partial charge in [0.05, 0.1) is 18.7 Å². The third kappa shape index (κ3) is 3.87. The molecule has 0 bridgehead atoms. The van der Waals surface area contributed by atoms with Crippen molar-refractivity contribution in [1.29, 1.82) is 0 Å². The minimum absolute atomic E-state index is 0.0924. The zero-order chi connectivity index (χ0) is 23.7. The van der Waals surface area contributed by atoms with Gasteiger partial charge in [-0.25, -0.2) is 4.98 Å². The summed E-state index contributed by atoms with van der Waals surface area (Å²) in [4.78, 5) is 32.7. The molecule has 0 saturated heterocycles. The number of oxazole rings is 1. The monoisotopic (exact) mass is 458 g/mol. The van der Waals surface area contributed by atoms with E-state index in [0.29, 0.717) is 22.7 Å². The fourth-order valence-corrected chi connectivity index (χ4v) is 5.09. The second-order valence-corrected chi connectivity index (χ2v) is 8.76. The fourth-order valence-electron chi connectivity index (χ4n) is 5.09. The Morgan fingerprint density at radius 1 is 1.06 bits per heavy atom. The molecular formula is C27H26N2O5. The van der Waals surface area contributed by atoms with Gasteiger partial charge in [-0.2, -0.15) is 0 Å². The summed E-state index contributed by atoms with van der Waals surface area (Å²) in [6, 6.07) is 13.6. The largest absolute Gasteiger partial charge is 0.503 e. The summed E-state index contributed by atoms with van der Waals surface area (Å²) in [5, 5.41) is 10.9. The van der Waals surface area contributed by atoms with Gasteiger partial charge >= 0.3 is 0 Å². The molecular weight excluding hydrogens is 432 g/mol. The van der Waals surface area contributed by atoms with Gasteiger partial charge in [0.1, 0.15) is 17.7 Å². The number of aromatic nitrogens is 1. The summed E-state index contributed by atoms with van der Waals surface area (Å²) < 4.78 is 10.3. The lowest BCUT2D eigenvalue weighted by Crippen LogP contribution is -2.42. The molecule has 1 amide bonds. The zero-order valence-electron chi connectivity index (χ0n) is 18.9. The third-order valence-electron chi connectivity index (χ3n) is 6.82. The lowest BCUT2D eigenvalue weighted by atomic mass is 9.79. The van der Waals surface area contributed by atoms with Crippen molar-refractivity contribution in [3.8, 4) is 17.0 Å². The van der Waals surface area contributed by atoms with E-state index < -0.39 is 17.7 Å². The van der Waals surface area contributed by atoms with Crippen molar-refractivity contribution in [3.05, 3.63) is 78.1 Å². The Balaban J connectivity index is 1.53. The molecule has 1 aliphatic heterocycles. The molecule has 1 N–H and O–H groups in total. The number of aliphatic hydroxyl groups is 1. The number of hydrogen-bond acceptors (Lipinski definition) is 6. The highest BCUT2D eigenvalue weighted by Gasteiger charge is 2.47. The number of carbonyl (C=O) groups excluding carboxylic acids is 2. The van der Waals surface area contributed by atoms with Gasteiger partial charge in [0.25, 0.3) is 5.91 Å². The van der Waals surface area contributed by atoms with Crippen LogP contribution in [0.2, 0.25) is 0 Å². The van der Waals surface area contributed by atoms with Crippen LogP contribution in [0.1, 0.15) is 42.5 Å². The molecule has 174 valence electrons. The van der Waals surface area contributed by atoms with Crippen molar-refractivity contribution in [2.24, 2.45) is 5.92 Å². The lowest BCUT2D eigenvalue weighted by Gasteiger charge is -2.35. The van der Waals surface area contributed by atoms with Crippen molar-refractivity contribution < 1.29 is 23.8 Å². The number of carbonyl (C=O) groups is 2. The van der Waals surface area contributed by atoms with Gasteiger partial charge in [-0.1, -0.05) is 31.4 Å². The molecule has 2 heterocycles. The first kappa shape index (κ1) is 21.9. The quantitative estimate of drug-likeness (QED) is 0.501. The van der Waals surface area contributed by atoms with Crippen LogP contribution >= 0.6 is 0 Å². The molecule has 1 saturated carbocycles. The molecule has 2 aromatic carbocycles. The maximum absolute atomic E-state index is 13.6. The van der Waals surface area contributed by atoms with E-state index in [1.54, 1.807) is 42.5 Å². The Bertz CT molecular complexity index is 1210. The summed E-state index contributed by atoms with van der Waals surface area (Å²) in [6.07, 6.45) is 7.95. The highest BCUT2D eigenvalue weighted by molar-refractivity contribution is 6.20. The van der Waals surface area contributed by atoms with Crippen molar-refractivity contribution in [2.45, 2.75) is 38.1 Å². The van der Waals surface area contributed by atoms with Crippen LogP contribution in [0.3, 0.4) is 0 Å². The molecule has 1 aromatic heterocycles. The number of Topliss-reactive ketones (excluding diaryl/α,β-unsaturated/α-hetero) is 1. The van der Waals surface area contributed by atoms with Gasteiger partial charge in [0.2, 0.25) is 0 Å². The van der Waals surface area contributed by atoms with Gasteiger partial charge in [-0.15, -0.1) is 0 Å². The van der Waals surface area contributed by atoms with E-state index >= 15 is 0 Å². The lowest BCUT2D eigenvalue weighted by molar-refractivity contribution is -0.117. The predicted octanol–water partition coefficient (Wildman–Crippen LogP) is 5.34. The number of anilines is 1. The normalized spacial score (nSPS) is 19.0. The minimum atomic E-state index is -0.540. The van der Waals surface area contributed by atoms with E-state index in [4.69, 9.17) is 9.15 Å². The molecule has 1 aliphatic carbocycles.